The Bertz CT molecular complexity index is 1140. The minimum atomic E-state index is -0.899. The fourth-order valence-electron chi connectivity index (χ4n) is 5.42. The maximum Gasteiger partial charge on any atom is 0.245 e. The molecule has 2 saturated heterocycles. The molecular weight excluding hydrogens is 470 g/mol. The van der Waals surface area contributed by atoms with Gasteiger partial charge in [0.1, 0.15) is 24.2 Å². The number of carbonyl (C=O) groups is 4. The van der Waals surface area contributed by atoms with Crippen LogP contribution < -0.4 is 16.0 Å². The van der Waals surface area contributed by atoms with Gasteiger partial charge in [-0.1, -0.05) is 51.8 Å². The zero-order valence-corrected chi connectivity index (χ0v) is 22.0. The summed E-state index contributed by atoms with van der Waals surface area (Å²) in [6.45, 7) is 6.47. The first-order valence-corrected chi connectivity index (χ1v) is 13.5. The molecule has 1 aromatic carbocycles. The quantitative estimate of drug-likeness (QED) is 0.458. The average Bonchev–Trinajstić information content (AvgIpc) is 3.52. The molecule has 0 aliphatic carbocycles. The second-order valence-corrected chi connectivity index (χ2v) is 10.7. The highest BCUT2D eigenvalue weighted by molar-refractivity contribution is 5.98. The van der Waals surface area contributed by atoms with Crippen molar-refractivity contribution < 1.29 is 19.2 Å². The molecule has 2 aliphatic heterocycles. The van der Waals surface area contributed by atoms with Gasteiger partial charge in [-0.05, 0) is 43.2 Å². The summed E-state index contributed by atoms with van der Waals surface area (Å²) in [5.41, 5.74) is 1.84. The fourth-order valence-corrected chi connectivity index (χ4v) is 5.42. The lowest BCUT2D eigenvalue weighted by atomic mass is 9.99. The highest BCUT2D eigenvalue weighted by Crippen LogP contribution is 2.23. The Labute approximate surface area is 218 Å². The van der Waals surface area contributed by atoms with Crippen LogP contribution in [0.5, 0.6) is 0 Å². The summed E-state index contributed by atoms with van der Waals surface area (Å²) in [4.78, 5) is 58.8. The molecule has 4 rings (SSSR count). The number of para-hydroxylation sites is 1. The summed E-state index contributed by atoms with van der Waals surface area (Å²) < 4.78 is 0. The molecular formula is C28H39N5O4. The summed E-state index contributed by atoms with van der Waals surface area (Å²) in [6, 6.07) is 4.73. The van der Waals surface area contributed by atoms with Gasteiger partial charge < -0.3 is 25.8 Å². The van der Waals surface area contributed by atoms with Crippen LogP contribution in [0.4, 0.5) is 0 Å². The molecule has 2 aromatic rings. The molecule has 1 aromatic heterocycles. The normalized spacial score (nSPS) is 25.4. The molecule has 200 valence electrons. The number of nitrogens with zero attached hydrogens (tertiary/aromatic N) is 1. The number of benzene rings is 1. The first kappa shape index (κ1) is 26.7. The van der Waals surface area contributed by atoms with Crippen molar-refractivity contribution in [2.45, 2.75) is 89.9 Å². The van der Waals surface area contributed by atoms with Gasteiger partial charge in [0.25, 0.3) is 0 Å². The summed E-state index contributed by atoms with van der Waals surface area (Å²) in [7, 11) is 0. The van der Waals surface area contributed by atoms with Gasteiger partial charge in [-0.2, -0.15) is 0 Å². The predicted octanol–water partition coefficient (Wildman–Crippen LogP) is 2.41. The average molecular weight is 510 g/mol. The van der Waals surface area contributed by atoms with E-state index in [4.69, 9.17) is 0 Å². The topological polar surface area (TPSA) is 123 Å². The molecule has 0 spiro atoms. The number of carbonyl (C=O) groups excluding carboxylic acids is 4. The number of unbranched alkanes of at least 4 members (excludes halogenated alkanes) is 1. The number of amides is 4. The SMILES string of the molecule is CCCC[C@@H]1NC(=O)[C@H]2CCCN2C(=O)[C@H](CC(C)C)NC(=O)[C@H](Cc2c[nH]c3ccccc23)NC1=O. The van der Waals surface area contributed by atoms with Crippen molar-refractivity contribution in [3.8, 4) is 0 Å². The van der Waals surface area contributed by atoms with Crippen molar-refractivity contribution in [2.75, 3.05) is 6.54 Å². The van der Waals surface area contributed by atoms with E-state index in [1.165, 1.54) is 0 Å². The number of aromatic nitrogens is 1. The Kier molecular flexibility index (Phi) is 8.51. The molecule has 4 N–H and O–H groups in total. The molecule has 9 nitrogen and oxygen atoms in total. The largest absolute Gasteiger partial charge is 0.361 e. The highest BCUT2D eigenvalue weighted by Gasteiger charge is 2.40. The Balaban J connectivity index is 1.68. The lowest BCUT2D eigenvalue weighted by Crippen LogP contribution is -2.61. The van der Waals surface area contributed by atoms with Crippen molar-refractivity contribution in [2.24, 2.45) is 5.92 Å². The Morgan fingerprint density at radius 3 is 2.41 bits per heavy atom. The number of aromatic amines is 1. The number of hydrogen-bond donors (Lipinski definition) is 4. The third-order valence-corrected chi connectivity index (χ3v) is 7.37. The summed E-state index contributed by atoms with van der Waals surface area (Å²) in [5, 5.41) is 9.74. The molecule has 3 heterocycles. The van der Waals surface area contributed by atoms with E-state index in [0.717, 1.165) is 29.3 Å². The standard InChI is InChI=1S/C28H39N5O4/c1-4-5-10-21-25(34)31-22(15-18-16-29-20-11-7-6-9-19(18)20)26(35)32-23(14-17(2)3)28(37)33-13-8-12-24(33)27(36)30-21/h6-7,9,11,16-17,21-24,29H,4-5,8,10,12-15H2,1-3H3,(H,30,36)(H,31,34)(H,32,35)/t21-,22-,23-,24+/m0/s1. The van der Waals surface area contributed by atoms with Crippen LogP contribution in [0.2, 0.25) is 0 Å². The van der Waals surface area contributed by atoms with Crippen LogP contribution in [0.25, 0.3) is 10.9 Å². The van der Waals surface area contributed by atoms with Crippen molar-refractivity contribution in [3.05, 3.63) is 36.0 Å². The van der Waals surface area contributed by atoms with Crippen molar-refractivity contribution in [3.63, 3.8) is 0 Å². The minimum Gasteiger partial charge on any atom is -0.361 e. The summed E-state index contributed by atoms with van der Waals surface area (Å²) in [5.74, 6) is -1.15. The van der Waals surface area contributed by atoms with E-state index < -0.39 is 30.1 Å². The van der Waals surface area contributed by atoms with E-state index in [0.29, 0.717) is 32.2 Å². The van der Waals surface area contributed by atoms with Gasteiger partial charge in [0.05, 0.1) is 0 Å². The van der Waals surface area contributed by atoms with Crippen LogP contribution >= 0.6 is 0 Å². The lowest BCUT2D eigenvalue weighted by Gasteiger charge is -2.33. The zero-order chi connectivity index (χ0) is 26.5. The maximum atomic E-state index is 13.7. The Morgan fingerprint density at radius 2 is 1.65 bits per heavy atom. The van der Waals surface area contributed by atoms with Gasteiger partial charge in [-0.3, -0.25) is 19.2 Å². The number of fused-ring (bicyclic) bond motifs is 2. The van der Waals surface area contributed by atoms with E-state index in [1.807, 2.05) is 51.2 Å². The molecule has 4 atom stereocenters. The van der Waals surface area contributed by atoms with Crippen molar-refractivity contribution in [1.82, 2.24) is 25.8 Å². The second-order valence-electron chi connectivity index (χ2n) is 10.7. The summed E-state index contributed by atoms with van der Waals surface area (Å²) in [6.07, 6.45) is 5.89. The van der Waals surface area contributed by atoms with Crippen LogP contribution in [0.1, 0.15) is 64.9 Å². The molecule has 2 aliphatic rings. The van der Waals surface area contributed by atoms with Gasteiger partial charge in [-0.15, -0.1) is 0 Å². The molecule has 37 heavy (non-hydrogen) atoms. The van der Waals surface area contributed by atoms with E-state index >= 15 is 0 Å². The third-order valence-electron chi connectivity index (χ3n) is 7.37. The van der Waals surface area contributed by atoms with Crippen LogP contribution in [0.15, 0.2) is 30.5 Å². The van der Waals surface area contributed by atoms with Gasteiger partial charge in [0, 0.05) is 30.1 Å². The predicted molar refractivity (Wildman–Crippen MR) is 142 cm³/mol. The number of hydrogen-bond acceptors (Lipinski definition) is 4. The number of H-pyrrole nitrogens is 1. The van der Waals surface area contributed by atoms with E-state index in [1.54, 1.807) is 4.90 Å². The van der Waals surface area contributed by atoms with Crippen molar-refractivity contribution in [1.29, 1.82) is 0 Å². The van der Waals surface area contributed by atoms with E-state index in [9.17, 15) is 19.2 Å². The summed E-state index contributed by atoms with van der Waals surface area (Å²) >= 11 is 0. The van der Waals surface area contributed by atoms with Gasteiger partial charge in [-0.25, -0.2) is 0 Å². The van der Waals surface area contributed by atoms with Crippen LogP contribution in [0.3, 0.4) is 0 Å². The van der Waals surface area contributed by atoms with Gasteiger partial charge in [0.2, 0.25) is 23.6 Å². The van der Waals surface area contributed by atoms with Crippen LogP contribution in [-0.2, 0) is 25.6 Å². The molecule has 0 unspecified atom stereocenters. The molecule has 2 fully saturated rings. The Hall–Kier alpha value is -3.36. The number of rotatable bonds is 7. The monoisotopic (exact) mass is 509 g/mol. The lowest BCUT2D eigenvalue weighted by molar-refractivity contribution is -0.143. The van der Waals surface area contributed by atoms with Crippen molar-refractivity contribution >= 4 is 34.5 Å². The minimum absolute atomic E-state index is 0.150. The third kappa shape index (κ3) is 6.14. The Morgan fingerprint density at radius 1 is 0.946 bits per heavy atom. The molecule has 0 radical (unpaired) electrons. The fraction of sp³-hybridized carbons (Fsp3) is 0.571. The zero-order valence-electron chi connectivity index (χ0n) is 22.0. The molecule has 0 saturated carbocycles. The van der Waals surface area contributed by atoms with Gasteiger partial charge >= 0.3 is 0 Å². The molecule has 4 amide bonds. The molecule has 9 heteroatoms. The van der Waals surface area contributed by atoms with Crippen LogP contribution in [0, 0.1) is 5.92 Å². The van der Waals surface area contributed by atoms with Crippen LogP contribution in [-0.4, -0.2) is 64.2 Å². The smallest absolute Gasteiger partial charge is 0.245 e. The first-order chi connectivity index (χ1) is 17.8. The van der Waals surface area contributed by atoms with E-state index in [2.05, 4.69) is 20.9 Å². The van der Waals surface area contributed by atoms with Gasteiger partial charge in [0.15, 0.2) is 0 Å². The maximum absolute atomic E-state index is 13.7. The second kappa shape index (κ2) is 11.8. The number of nitrogens with one attached hydrogen (secondary N) is 4. The van der Waals surface area contributed by atoms with E-state index in [-0.39, 0.29) is 30.1 Å². The first-order valence-electron chi connectivity index (χ1n) is 13.5. The highest BCUT2D eigenvalue weighted by atomic mass is 16.2. The molecule has 0 bridgehead atoms.